The highest BCUT2D eigenvalue weighted by molar-refractivity contribution is 8.13. The summed E-state index contributed by atoms with van der Waals surface area (Å²) in [5, 5.41) is 14.6. The van der Waals surface area contributed by atoms with Gasteiger partial charge >= 0.3 is 0 Å². The second-order valence-electron chi connectivity index (χ2n) is 5.85. The summed E-state index contributed by atoms with van der Waals surface area (Å²) in [5.74, 6) is 0.752. The molecule has 0 saturated carbocycles. The largest absolute Gasteiger partial charge is 0.421 e. The second kappa shape index (κ2) is 8.83. The van der Waals surface area contributed by atoms with Gasteiger partial charge in [-0.3, -0.25) is 9.59 Å². The minimum absolute atomic E-state index is 0.0480. The van der Waals surface area contributed by atoms with E-state index in [1.54, 1.807) is 49.7 Å². The van der Waals surface area contributed by atoms with Gasteiger partial charge in [-0.1, -0.05) is 0 Å². The Morgan fingerprint density at radius 2 is 1.96 bits per heavy atom. The summed E-state index contributed by atoms with van der Waals surface area (Å²) in [4.78, 5) is 26.1. The minimum atomic E-state index is -0.143. The van der Waals surface area contributed by atoms with Crippen LogP contribution in [0.5, 0.6) is 0 Å². The molecule has 0 aliphatic heterocycles. The molecule has 0 radical (unpaired) electrons. The van der Waals surface area contributed by atoms with Gasteiger partial charge in [-0.25, -0.2) is 0 Å². The van der Waals surface area contributed by atoms with Gasteiger partial charge in [0, 0.05) is 48.5 Å². The van der Waals surface area contributed by atoms with Gasteiger partial charge in [-0.15, -0.1) is 10.2 Å². The van der Waals surface area contributed by atoms with Crippen molar-refractivity contribution in [3.63, 3.8) is 0 Å². The average Bonchev–Trinajstić information content (AvgIpc) is 3.33. The van der Waals surface area contributed by atoms with E-state index in [2.05, 4.69) is 15.5 Å². The van der Waals surface area contributed by atoms with Crippen molar-refractivity contribution in [2.24, 2.45) is 0 Å². The highest BCUT2D eigenvalue weighted by Crippen LogP contribution is 2.23. The molecule has 7 nitrogen and oxygen atoms in total. The number of hydrogen-bond donors (Lipinski definition) is 1. The van der Waals surface area contributed by atoms with E-state index in [4.69, 9.17) is 4.42 Å². The van der Waals surface area contributed by atoms with Crippen molar-refractivity contribution in [1.29, 1.82) is 0 Å². The molecule has 0 saturated heterocycles. The Morgan fingerprint density at radius 3 is 2.63 bits per heavy atom. The first kappa shape index (κ1) is 19.1. The van der Waals surface area contributed by atoms with Crippen LogP contribution in [0, 0.1) is 0 Å². The van der Waals surface area contributed by atoms with Crippen molar-refractivity contribution in [3.8, 4) is 11.5 Å². The molecule has 0 spiro atoms. The topological polar surface area (TPSA) is 88.3 Å². The predicted molar refractivity (Wildman–Crippen MR) is 106 cm³/mol. The van der Waals surface area contributed by atoms with Crippen LogP contribution in [-0.2, 0) is 11.2 Å². The fourth-order valence-electron chi connectivity index (χ4n) is 2.10. The molecular formula is C18H18N4O3S2. The first-order valence-electron chi connectivity index (χ1n) is 8.15. The molecule has 0 fully saturated rings. The van der Waals surface area contributed by atoms with Crippen molar-refractivity contribution in [2.45, 2.75) is 17.7 Å². The van der Waals surface area contributed by atoms with E-state index in [1.165, 1.54) is 4.90 Å². The molecule has 1 aromatic carbocycles. The van der Waals surface area contributed by atoms with Crippen molar-refractivity contribution >= 4 is 39.9 Å². The van der Waals surface area contributed by atoms with Crippen LogP contribution in [0.15, 0.2) is 50.4 Å². The number of aromatic nitrogens is 2. The Labute approximate surface area is 164 Å². The van der Waals surface area contributed by atoms with Gasteiger partial charge in [-0.05, 0) is 47.5 Å². The summed E-state index contributed by atoms with van der Waals surface area (Å²) in [6.07, 6.45) is 0.606. The third-order valence-corrected chi connectivity index (χ3v) is 5.24. The summed E-state index contributed by atoms with van der Waals surface area (Å²) < 4.78 is 5.57. The van der Waals surface area contributed by atoms with E-state index in [0.717, 1.165) is 22.2 Å². The Kier molecular flexibility index (Phi) is 6.25. The number of carbonyl (C=O) groups excluding carboxylic acids is 2. The van der Waals surface area contributed by atoms with Gasteiger partial charge in [0.1, 0.15) is 0 Å². The normalized spacial score (nSPS) is 10.6. The summed E-state index contributed by atoms with van der Waals surface area (Å²) in [6.45, 7) is 0. The fraction of sp³-hybridized carbons (Fsp3) is 0.222. The molecule has 2 heterocycles. The van der Waals surface area contributed by atoms with Crippen molar-refractivity contribution in [2.75, 3.05) is 19.4 Å². The number of benzene rings is 1. The number of nitrogens with zero attached hydrogens (tertiary/aromatic N) is 3. The summed E-state index contributed by atoms with van der Waals surface area (Å²) in [7, 11) is 3.41. The van der Waals surface area contributed by atoms with Gasteiger partial charge in [0.25, 0.3) is 5.24 Å². The quantitative estimate of drug-likeness (QED) is 0.623. The number of carbonyl (C=O) groups is 2. The van der Waals surface area contributed by atoms with Gasteiger partial charge < -0.3 is 14.6 Å². The molecule has 0 atom stereocenters. The van der Waals surface area contributed by atoms with Gasteiger partial charge in [0.15, 0.2) is 0 Å². The molecule has 27 heavy (non-hydrogen) atoms. The molecule has 0 bridgehead atoms. The van der Waals surface area contributed by atoms with Crippen LogP contribution < -0.4 is 5.32 Å². The van der Waals surface area contributed by atoms with Crippen LogP contribution in [0.3, 0.4) is 0 Å². The maximum Gasteiger partial charge on any atom is 0.285 e. The first-order chi connectivity index (χ1) is 13.0. The Morgan fingerprint density at radius 1 is 1.19 bits per heavy atom. The third kappa shape index (κ3) is 5.41. The minimum Gasteiger partial charge on any atom is -0.421 e. The molecular weight excluding hydrogens is 384 g/mol. The zero-order valence-electron chi connectivity index (χ0n) is 14.8. The zero-order chi connectivity index (χ0) is 19.2. The molecule has 2 aromatic heterocycles. The number of thioether (sulfide) groups is 1. The van der Waals surface area contributed by atoms with E-state index in [-0.39, 0.29) is 17.6 Å². The van der Waals surface area contributed by atoms with Crippen LogP contribution in [0.2, 0.25) is 0 Å². The number of hydrogen-bond acceptors (Lipinski definition) is 7. The number of anilines is 1. The number of aryl methyl sites for hydroxylation is 1. The zero-order valence-corrected chi connectivity index (χ0v) is 16.5. The molecule has 0 aliphatic carbocycles. The van der Waals surface area contributed by atoms with E-state index >= 15 is 0 Å². The van der Waals surface area contributed by atoms with Crippen molar-refractivity contribution < 1.29 is 14.0 Å². The first-order valence-corrected chi connectivity index (χ1v) is 9.91. The van der Waals surface area contributed by atoms with E-state index in [1.807, 2.05) is 16.8 Å². The molecule has 0 aliphatic rings. The fourth-order valence-corrected chi connectivity index (χ4v) is 3.39. The standard InChI is InChI=1S/C18H18N4O3S2/c1-22(2)18(24)27-14-5-3-13(4-6-14)19-15(23)7-8-16-20-21-17(25-16)12-9-10-26-11-12/h3-6,9-11H,7-8H2,1-2H3,(H,19,23). The molecule has 3 aromatic rings. The number of thiophene rings is 1. The van der Waals surface area contributed by atoms with Crippen molar-refractivity contribution in [3.05, 3.63) is 47.0 Å². The Balaban J connectivity index is 1.48. The molecule has 3 rings (SSSR count). The monoisotopic (exact) mass is 402 g/mol. The smallest absolute Gasteiger partial charge is 0.285 e. The van der Waals surface area contributed by atoms with E-state index in [0.29, 0.717) is 23.9 Å². The molecule has 2 amide bonds. The van der Waals surface area contributed by atoms with E-state index < -0.39 is 0 Å². The molecule has 9 heteroatoms. The lowest BCUT2D eigenvalue weighted by Gasteiger charge is -2.09. The number of nitrogens with one attached hydrogen (secondary N) is 1. The Bertz CT molecular complexity index is 905. The van der Waals surface area contributed by atoms with Crippen molar-refractivity contribution in [1.82, 2.24) is 15.1 Å². The summed E-state index contributed by atoms with van der Waals surface area (Å²) in [5.41, 5.74) is 1.56. The van der Waals surface area contributed by atoms with E-state index in [9.17, 15) is 9.59 Å². The lowest BCUT2D eigenvalue weighted by Crippen LogP contribution is -2.16. The van der Waals surface area contributed by atoms with Crippen LogP contribution in [-0.4, -0.2) is 40.3 Å². The van der Waals surface area contributed by atoms with Crippen LogP contribution >= 0.6 is 23.1 Å². The lowest BCUT2D eigenvalue weighted by atomic mass is 10.2. The second-order valence-corrected chi connectivity index (χ2v) is 7.65. The maximum atomic E-state index is 12.1. The SMILES string of the molecule is CN(C)C(=O)Sc1ccc(NC(=O)CCc2nnc(-c3ccsc3)o2)cc1. The summed E-state index contributed by atoms with van der Waals surface area (Å²) in [6, 6.07) is 9.04. The molecule has 1 N–H and O–H groups in total. The lowest BCUT2D eigenvalue weighted by molar-refractivity contribution is -0.116. The predicted octanol–water partition coefficient (Wildman–Crippen LogP) is 4.14. The maximum absolute atomic E-state index is 12.1. The molecule has 0 unspecified atom stereocenters. The highest BCUT2D eigenvalue weighted by atomic mass is 32.2. The highest BCUT2D eigenvalue weighted by Gasteiger charge is 2.11. The van der Waals surface area contributed by atoms with Crippen LogP contribution in [0.4, 0.5) is 10.5 Å². The summed E-state index contributed by atoms with van der Waals surface area (Å²) >= 11 is 2.69. The van der Waals surface area contributed by atoms with Gasteiger partial charge in [0.05, 0.1) is 0 Å². The number of rotatable bonds is 6. The third-order valence-electron chi connectivity index (χ3n) is 3.51. The van der Waals surface area contributed by atoms with Crippen LogP contribution in [0.25, 0.3) is 11.5 Å². The van der Waals surface area contributed by atoms with Crippen LogP contribution in [0.1, 0.15) is 12.3 Å². The average molecular weight is 403 g/mol. The van der Waals surface area contributed by atoms with Gasteiger partial charge in [-0.2, -0.15) is 11.3 Å². The Hall–Kier alpha value is -2.65. The number of amides is 2. The van der Waals surface area contributed by atoms with Gasteiger partial charge in [0.2, 0.25) is 17.7 Å². The molecule has 140 valence electrons.